The fourth-order valence-corrected chi connectivity index (χ4v) is 3.51. The van der Waals surface area contributed by atoms with E-state index in [9.17, 15) is 4.79 Å². The molecule has 1 heterocycles. The third-order valence-electron chi connectivity index (χ3n) is 2.74. The van der Waals surface area contributed by atoms with Crippen molar-refractivity contribution in [1.29, 1.82) is 0 Å². The summed E-state index contributed by atoms with van der Waals surface area (Å²) in [5.74, 6) is 0. The molecular formula is C14H14Br2N2O. The molecule has 0 aliphatic carbocycles. The molecule has 1 aromatic carbocycles. The van der Waals surface area contributed by atoms with Gasteiger partial charge in [-0.1, -0.05) is 6.07 Å². The number of aromatic nitrogens is 1. The van der Waals surface area contributed by atoms with Gasteiger partial charge in [0.15, 0.2) is 0 Å². The first-order valence-corrected chi connectivity index (χ1v) is 7.51. The maximum atomic E-state index is 11.6. The lowest BCUT2D eigenvalue weighted by Crippen LogP contribution is -2.22. The highest BCUT2D eigenvalue weighted by molar-refractivity contribution is 9.11. The Morgan fingerprint density at radius 1 is 1.21 bits per heavy atom. The largest absolute Gasteiger partial charge is 0.381 e. The molecule has 5 heteroatoms. The van der Waals surface area contributed by atoms with Crippen molar-refractivity contribution in [3.63, 3.8) is 0 Å². The highest BCUT2D eigenvalue weighted by Crippen LogP contribution is 2.32. The number of benzene rings is 1. The van der Waals surface area contributed by atoms with Gasteiger partial charge < -0.3 is 9.88 Å². The Labute approximate surface area is 128 Å². The molecule has 0 bridgehead atoms. The lowest BCUT2D eigenvalue weighted by atomic mass is 10.2. The molecule has 1 N–H and O–H groups in total. The number of rotatable bonds is 4. The van der Waals surface area contributed by atoms with Crippen LogP contribution in [0.5, 0.6) is 0 Å². The van der Waals surface area contributed by atoms with Crippen molar-refractivity contribution in [1.82, 2.24) is 4.57 Å². The van der Waals surface area contributed by atoms with Gasteiger partial charge in [0, 0.05) is 34.3 Å². The lowest BCUT2D eigenvalue weighted by molar-refractivity contribution is 0.697. The minimum atomic E-state index is 0.0198. The smallest absolute Gasteiger partial charge is 0.250 e. The van der Waals surface area contributed by atoms with Gasteiger partial charge >= 0.3 is 0 Å². The maximum Gasteiger partial charge on any atom is 0.250 e. The zero-order chi connectivity index (χ0) is 13.8. The van der Waals surface area contributed by atoms with Crippen molar-refractivity contribution in [2.45, 2.75) is 13.5 Å². The van der Waals surface area contributed by atoms with Crippen LogP contribution >= 0.6 is 31.9 Å². The van der Waals surface area contributed by atoms with Crippen molar-refractivity contribution in [2.24, 2.45) is 0 Å². The Morgan fingerprint density at radius 3 is 2.53 bits per heavy atom. The monoisotopic (exact) mass is 384 g/mol. The molecule has 100 valence electrons. The molecule has 1 aromatic heterocycles. The molecule has 0 spiro atoms. The van der Waals surface area contributed by atoms with Gasteiger partial charge in [0.2, 0.25) is 0 Å². The summed E-state index contributed by atoms with van der Waals surface area (Å²) in [5.41, 5.74) is 2.21. The third kappa shape index (κ3) is 3.70. The number of aryl methyl sites for hydroxylation is 1. The van der Waals surface area contributed by atoms with Crippen LogP contribution in [0.4, 0.5) is 5.69 Å². The standard InChI is InChI=1S/C14H14Br2N2O/c1-10-8-11(15)14(12(16)9-10)17-5-7-18-6-3-2-4-13(18)19/h2-4,6,8-9,17H,5,7H2,1H3. The van der Waals surface area contributed by atoms with Gasteiger partial charge in [-0.15, -0.1) is 0 Å². The highest BCUT2D eigenvalue weighted by atomic mass is 79.9. The molecule has 0 amide bonds. The topological polar surface area (TPSA) is 34.0 Å². The fraction of sp³-hybridized carbons (Fsp3) is 0.214. The van der Waals surface area contributed by atoms with Crippen LogP contribution in [-0.4, -0.2) is 11.1 Å². The molecule has 0 unspecified atom stereocenters. The molecule has 2 aromatic rings. The van der Waals surface area contributed by atoms with Gasteiger partial charge in [-0.3, -0.25) is 4.79 Å². The Kier molecular flexibility index (Phi) is 4.82. The van der Waals surface area contributed by atoms with Crippen LogP contribution in [0.15, 0.2) is 50.3 Å². The van der Waals surface area contributed by atoms with E-state index in [2.05, 4.69) is 49.3 Å². The zero-order valence-electron chi connectivity index (χ0n) is 10.5. The first-order chi connectivity index (χ1) is 9.08. The van der Waals surface area contributed by atoms with Gasteiger partial charge in [-0.05, 0) is 62.5 Å². The van der Waals surface area contributed by atoms with Gasteiger partial charge in [-0.25, -0.2) is 0 Å². The number of hydrogen-bond donors (Lipinski definition) is 1. The van der Waals surface area contributed by atoms with E-state index < -0.39 is 0 Å². The first kappa shape index (κ1) is 14.3. The normalized spacial score (nSPS) is 10.5. The van der Waals surface area contributed by atoms with E-state index in [-0.39, 0.29) is 5.56 Å². The molecule has 0 saturated heterocycles. The quantitative estimate of drug-likeness (QED) is 0.868. The summed E-state index contributed by atoms with van der Waals surface area (Å²) in [7, 11) is 0. The molecule has 0 fully saturated rings. The van der Waals surface area contributed by atoms with Crippen molar-refractivity contribution >= 4 is 37.5 Å². The number of hydrogen-bond acceptors (Lipinski definition) is 2. The average Bonchev–Trinajstić information content (AvgIpc) is 2.34. The van der Waals surface area contributed by atoms with E-state index in [4.69, 9.17) is 0 Å². The van der Waals surface area contributed by atoms with Gasteiger partial charge in [0.1, 0.15) is 0 Å². The number of pyridine rings is 1. The minimum Gasteiger partial charge on any atom is -0.381 e. The summed E-state index contributed by atoms with van der Waals surface area (Å²) >= 11 is 7.08. The van der Waals surface area contributed by atoms with E-state index in [0.717, 1.165) is 14.6 Å². The van der Waals surface area contributed by atoms with Crippen LogP contribution in [-0.2, 0) is 6.54 Å². The fourth-order valence-electron chi connectivity index (χ4n) is 1.82. The second-order valence-electron chi connectivity index (χ2n) is 4.26. The first-order valence-electron chi connectivity index (χ1n) is 5.93. The van der Waals surface area contributed by atoms with Gasteiger partial charge in [-0.2, -0.15) is 0 Å². The summed E-state index contributed by atoms with van der Waals surface area (Å²) in [6.45, 7) is 3.36. The molecule has 0 saturated carbocycles. The van der Waals surface area contributed by atoms with E-state index in [1.54, 1.807) is 22.9 Å². The van der Waals surface area contributed by atoms with Gasteiger partial charge in [0.25, 0.3) is 5.56 Å². The molecule has 0 aliphatic heterocycles. The molecule has 2 rings (SSSR count). The average molecular weight is 386 g/mol. The number of halogens is 2. The van der Waals surface area contributed by atoms with Crippen LogP contribution in [0.2, 0.25) is 0 Å². The van der Waals surface area contributed by atoms with Crippen LogP contribution in [0.3, 0.4) is 0 Å². The third-order valence-corrected chi connectivity index (χ3v) is 3.99. The molecule has 3 nitrogen and oxygen atoms in total. The summed E-state index contributed by atoms with van der Waals surface area (Å²) < 4.78 is 3.71. The van der Waals surface area contributed by atoms with Gasteiger partial charge in [0.05, 0.1) is 5.69 Å². The van der Waals surface area contributed by atoms with Crippen LogP contribution in [0.1, 0.15) is 5.56 Å². The Bertz CT molecular complexity index is 614. The molecule has 0 atom stereocenters. The lowest BCUT2D eigenvalue weighted by Gasteiger charge is -2.12. The second kappa shape index (κ2) is 6.39. The molecule has 0 aliphatic rings. The second-order valence-corrected chi connectivity index (χ2v) is 5.97. The Balaban J connectivity index is 2.04. The highest BCUT2D eigenvalue weighted by Gasteiger charge is 2.05. The van der Waals surface area contributed by atoms with Crippen molar-refractivity contribution in [3.05, 3.63) is 61.4 Å². The number of nitrogens with one attached hydrogen (secondary N) is 1. The zero-order valence-corrected chi connectivity index (χ0v) is 13.7. The van der Waals surface area contributed by atoms with E-state index in [1.807, 2.05) is 13.0 Å². The van der Waals surface area contributed by atoms with Crippen LogP contribution in [0, 0.1) is 6.92 Å². The summed E-state index contributed by atoms with van der Waals surface area (Å²) in [4.78, 5) is 11.6. The van der Waals surface area contributed by atoms with Crippen molar-refractivity contribution in [3.8, 4) is 0 Å². The maximum absolute atomic E-state index is 11.6. The van der Waals surface area contributed by atoms with Crippen LogP contribution in [0.25, 0.3) is 0 Å². The number of nitrogens with zero attached hydrogens (tertiary/aromatic N) is 1. The Hall–Kier alpha value is -1.07. The number of anilines is 1. The minimum absolute atomic E-state index is 0.0198. The summed E-state index contributed by atoms with van der Waals surface area (Å²) in [5, 5.41) is 3.33. The summed E-state index contributed by atoms with van der Waals surface area (Å²) in [6.07, 6.45) is 1.79. The van der Waals surface area contributed by atoms with E-state index >= 15 is 0 Å². The molecule has 19 heavy (non-hydrogen) atoms. The van der Waals surface area contributed by atoms with Crippen molar-refractivity contribution < 1.29 is 0 Å². The van der Waals surface area contributed by atoms with E-state index in [1.165, 1.54) is 5.56 Å². The summed E-state index contributed by atoms with van der Waals surface area (Å²) in [6, 6.07) is 9.29. The predicted molar refractivity (Wildman–Crippen MR) is 85.8 cm³/mol. The van der Waals surface area contributed by atoms with Crippen LogP contribution < -0.4 is 10.9 Å². The SMILES string of the molecule is Cc1cc(Br)c(NCCn2ccccc2=O)c(Br)c1. The predicted octanol–water partition coefficient (Wildman–Crippen LogP) is 3.79. The van der Waals surface area contributed by atoms with E-state index in [0.29, 0.717) is 13.1 Å². The van der Waals surface area contributed by atoms with Crippen molar-refractivity contribution in [2.75, 3.05) is 11.9 Å². The molecular weight excluding hydrogens is 372 g/mol. The Morgan fingerprint density at radius 2 is 1.89 bits per heavy atom. The molecule has 0 radical (unpaired) electrons.